The van der Waals surface area contributed by atoms with E-state index in [2.05, 4.69) is 48.2 Å². The Morgan fingerprint density at radius 2 is 1.92 bits per heavy atom. The zero-order valence-corrected chi connectivity index (χ0v) is 14.4. The van der Waals surface area contributed by atoms with Crippen LogP contribution >= 0.6 is 0 Å². The molecule has 0 radical (unpaired) electrons. The van der Waals surface area contributed by atoms with E-state index in [0.29, 0.717) is 18.1 Å². The molecule has 3 aromatic rings. The highest BCUT2D eigenvalue weighted by Crippen LogP contribution is 2.26. The number of benzene rings is 1. The van der Waals surface area contributed by atoms with Gasteiger partial charge in [-0.2, -0.15) is 5.10 Å². The monoisotopic (exact) mass is 323 g/mol. The van der Waals surface area contributed by atoms with Crippen LogP contribution in [-0.2, 0) is 4.74 Å². The lowest BCUT2D eigenvalue weighted by atomic mass is 10.00. The zero-order chi connectivity index (χ0) is 17.3. The van der Waals surface area contributed by atoms with Crippen LogP contribution in [-0.4, -0.2) is 27.2 Å². The molecule has 3 rings (SSSR count). The summed E-state index contributed by atoms with van der Waals surface area (Å²) in [6.45, 7) is 8.31. The van der Waals surface area contributed by atoms with Crippen LogP contribution in [0, 0.1) is 6.92 Å². The van der Waals surface area contributed by atoms with Crippen molar-refractivity contribution in [3.05, 3.63) is 53.5 Å². The zero-order valence-electron chi connectivity index (χ0n) is 14.4. The van der Waals surface area contributed by atoms with Crippen molar-refractivity contribution in [1.82, 2.24) is 14.6 Å². The van der Waals surface area contributed by atoms with Gasteiger partial charge < -0.3 is 4.74 Å². The molecule has 0 aliphatic heterocycles. The topological polar surface area (TPSA) is 56.5 Å². The number of nitrogens with zero attached hydrogens (tertiary/aromatic N) is 3. The average Bonchev–Trinajstić information content (AvgIpc) is 3.00. The van der Waals surface area contributed by atoms with Gasteiger partial charge in [-0.3, -0.25) is 0 Å². The van der Waals surface area contributed by atoms with Gasteiger partial charge in [0.1, 0.15) is 0 Å². The van der Waals surface area contributed by atoms with Gasteiger partial charge in [0.2, 0.25) is 0 Å². The molecular weight excluding hydrogens is 302 g/mol. The van der Waals surface area contributed by atoms with Crippen LogP contribution in [0.3, 0.4) is 0 Å². The number of ether oxygens (including phenoxy) is 1. The molecule has 24 heavy (non-hydrogen) atoms. The van der Waals surface area contributed by atoms with E-state index < -0.39 is 0 Å². The molecule has 0 unspecified atom stereocenters. The van der Waals surface area contributed by atoms with E-state index in [4.69, 9.17) is 4.74 Å². The molecule has 5 nitrogen and oxygen atoms in total. The fourth-order valence-corrected chi connectivity index (χ4v) is 2.71. The van der Waals surface area contributed by atoms with Crippen molar-refractivity contribution >= 4 is 11.6 Å². The number of aromatic nitrogens is 3. The molecule has 0 atom stereocenters. The molecule has 0 saturated carbocycles. The lowest BCUT2D eigenvalue weighted by Gasteiger charge is -2.08. The fourth-order valence-electron chi connectivity index (χ4n) is 2.71. The van der Waals surface area contributed by atoms with Crippen molar-refractivity contribution in [3.8, 4) is 11.1 Å². The Balaban J connectivity index is 2.05. The molecule has 0 aliphatic rings. The number of carbonyl (C=O) groups is 1. The molecule has 2 aromatic heterocycles. The molecule has 0 amide bonds. The quantitative estimate of drug-likeness (QED) is 0.681. The molecule has 0 fully saturated rings. The fraction of sp³-hybridized carbons (Fsp3) is 0.316. The minimum absolute atomic E-state index is 0.336. The summed E-state index contributed by atoms with van der Waals surface area (Å²) >= 11 is 0. The standard InChI is InChI=1S/C19H21N3O2/c1-5-24-19(23)16-10-20-18-17(11-21-22(18)13(16)4)15-8-6-14(7-9-15)12(2)3/h6-12H,5H2,1-4H3. The third-order valence-corrected chi connectivity index (χ3v) is 4.15. The van der Waals surface area contributed by atoms with Crippen molar-refractivity contribution in [3.63, 3.8) is 0 Å². The predicted molar refractivity (Wildman–Crippen MR) is 93.2 cm³/mol. The Labute approximate surface area is 141 Å². The Morgan fingerprint density at radius 3 is 2.54 bits per heavy atom. The van der Waals surface area contributed by atoms with Crippen molar-refractivity contribution in [2.75, 3.05) is 6.61 Å². The number of hydrogen-bond donors (Lipinski definition) is 0. The Morgan fingerprint density at radius 1 is 1.21 bits per heavy atom. The van der Waals surface area contributed by atoms with Crippen LogP contribution in [0.1, 0.15) is 48.3 Å². The predicted octanol–water partition coefficient (Wildman–Crippen LogP) is 4.00. The highest BCUT2D eigenvalue weighted by molar-refractivity contribution is 5.91. The number of aryl methyl sites for hydroxylation is 1. The molecule has 2 heterocycles. The van der Waals surface area contributed by atoms with Gasteiger partial charge in [0, 0.05) is 11.8 Å². The lowest BCUT2D eigenvalue weighted by Crippen LogP contribution is -2.11. The number of fused-ring (bicyclic) bond motifs is 1. The number of rotatable bonds is 4. The molecule has 0 N–H and O–H groups in total. The van der Waals surface area contributed by atoms with E-state index in [9.17, 15) is 4.79 Å². The molecular formula is C19H21N3O2. The second kappa shape index (κ2) is 6.43. The highest BCUT2D eigenvalue weighted by atomic mass is 16.5. The summed E-state index contributed by atoms with van der Waals surface area (Å²) in [6, 6.07) is 8.43. The maximum Gasteiger partial charge on any atom is 0.341 e. The van der Waals surface area contributed by atoms with E-state index in [1.165, 1.54) is 5.56 Å². The van der Waals surface area contributed by atoms with Gasteiger partial charge >= 0.3 is 5.97 Å². The smallest absolute Gasteiger partial charge is 0.341 e. The molecule has 0 spiro atoms. The molecule has 124 valence electrons. The number of hydrogen-bond acceptors (Lipinski definition) is 4. The molecule has 0 aliphatic carbocycles. The second-order valence-electron chi connectivity index (χ2n) is 6.05. The van der Waals surface area contributed by atoms with Gasteiger partial charge in [-0.1, -0.05) is 38.1 Å². The maximum absolute atomic E-state index is 12.0. The SMILES string of the molecule is CCOC(=O)c1cnc2c(-c3ccc(C(C)C)cc3)cnn2c1C. The summed E-state index contributed by atoms with van der Waals surface area (Å²) in [7, 11) is 0. The van der Waals surface area contributed by atoms with Crippen LogP contribution in [0.25, 0.3) is 16.8 Å². The third-order valence-electron chi connectivity index (χ3n) is 4.15. The normalized spacial score (nSPS) is 11.2. The number of carbonyl (C=O) groups excluding carboxylic acids is 1. The van der Waals surface area contributed by atoms with Crippen molar-refractivity contribution < 1.29 is 9.53 Å². The van der Waals surface area contributed by atoms with Crippen LogP contribution in [0.2, 0.25) is 0 Å². The Kier molecular flexibility index (Phi) is 4.34. The lowest BCUT2D eigenvalue weighted by molar-refractivity contribution is 0.0524. The van der Waals surface area contributed by atoms with E-state index in [0.717, 1.165) is 22.5 Å². The third kappa shape index (κ3) is 2.77. The maximum atomic E-state index is 12.0. The molecule has 0 bridgehead atoms. The Bertz CT molecular complexity index is 880. The van der Waals surface area contributed by atoms with Crippen LogP contribution in [0.15, 0.2) is 36.7 Å². The van der Waals surface area contributed by atoms with Gasteiger partial charge in [0.25, 0.3) is 0 Å². The van der Waals surface area contributed by atoms with Gasteiger partial charge in [-0.15, -0.1) is 0 Å². The minimum atomic E-state index is -0.372. The van der Waals surface area contributed by atoms with Crippen molar-refractivity contribution in [2.45, 2.75) is 33.6 Å². The first-order chi connectivity index (χ1) is 11.5. The van der Waals surface area contributed by atoms with Crippen LogP contribution < -0.4 is 0 Å². The first-order valence-electron chi connectivity index (χ1n) is 8.13. The van der Waals surface area contributed by atoms with E-state index in [1.807, 2.05) is 6.92 Å². The van der Waals surface area contributed by atoms with E-state index in [1.54, 1.807) is 23.8 Å². The summed E-state index contributed by atoms with van der Waals surface area (Å²) in [5.74, 6) is 0.123. The minimum Gasteiger partial charge on any atom is -0.462 e. The number of esters is 1. The van der Waals surface area contributed by atoms with E-state index >= 15 is 0 Å². The highest BCUT2D eigenvalue weighted by Gasteiger charge is 2.17. The first-order valence-corrected chi connectivity index (χ1v) is 8.13. The van der Waals surface area contributed by atoms with Crippen molar-refractivity contribution in [1.29, 1.82) is 0 Å². The molecule has 1 aromatic carbocycles. The molecule has 5 heteroatoms. The van der Waals surface area contributed by atoms with Gasteiger partial charge in [0.05, 0.1) is 24.1 Å². The summed E-state index contributed by atoms with van der Waals surface area (Å²) in [5, 5.41) is 4.40. The Hall–Kier alpha value is -2.69. The van der Waals surface area contributed by atoms with Crippen molar-refractivity contribution in [2.24, 2.45) is 0 Å². The summed E-state index contributed by atoms with van der Waals surface area (Å²) in [6.07, 6.45) is 3.35. The van der Waals surface area contributed by atoms with E-state index in [-0.39, 0.29) is 5.97 Å². The van der Waals surface area contributed by atoms with Crippen LogP contribution in [0.4, 0.5) is 0 Å². The van der Waals surface area contributed by atoms with Gasteiger partial charge in [-0.25, -0.2) is 14.3 Å². The van der Waals surface area contributed by atoms with Crippen LogP contribution in [0.5, 0.6) is 0 Å². The largest absolute Gasteiger partial charge is 0.462 e. The average molecular weight is 323 g/mol. The second-order valence-corrected chi connectivity index (χ2v) is 6.05. The van der Waals surface area contributed by atoms with Gasteiger partial charge in [0.15, 0.2) is 5.65 Å². The summed E-state index contributed by atoms with van der Waals surface area (Å²) < 4.78 is 6.76. The molecule has 0 saturated heterocycles. The summed E-state index contributed by atoms with van der Waals surface area (Å²) in [4.78, 5) is 16.4. The first kappa shape index (κ1) is 16.2. The van der Waals surface area contributed by atoms with Gasteiger partial charge in [-0.05, 0) is 30.9 Å². The summed E-state index contributed by atoms with van der Waals surface area (Å²) in [5.41, 5.74) is 5.20.